The first-order valence-corrected chi connectivity index (χ1v) is 7.92. The summed E-state index contributed by atoms with van der Waals surface area (Å²) < 4.78 is 5.10. The lowest BCUT2D eigenvalue weighted by Crippen LogP contribution is -2.17. The number of carboxylic acid groups (broad SMARTS) is 1. The lowest BCUT2D eigenvalue weighted by molar-refractivity contribution is -0.138. The Bertz CT molecular complexity index is 528. The molecule has 2 rings (SSSR count). The van der Waals surface area contributed by atoms with Crippen LogP contribution in [0.25, 0.3) is 0 Å². The van der Waals surface area contributed by atoms with E-state index in [-0.39, 0.29) is 17.7 Å². The van der Waals surface area contributed by atoms with Crippen LogP contribution < -0.4 is 10.1 Å². The summed E-state index contributed by atoms with van der Waals surface area (Å²) in [7, 11) is 1.58. The monoisotopic (exact) mass is 309 g/mol. The Balaban J connectivity index is 1.74. The third-order valence-electron chi connectivity index (χ3n) is 3.48. The van der Waals surface area contributed by atoms with Crippen LogP contribution in [-0.2, 0) is 9.59 Å². The van der Waals surface area contributed by atoms with Crippen LogP contribution in [0.1, 0.15) is 19.3 Å². The Hall–Kier alpha value is -1.69. The van der Waals surface area contributed by atoms with Gasteiger partial charge < -0.3 is 15.2 Å². The van der Waals surface area contributed by atoms with Crippen LogP contribution in [0.2, 0.25) is 0 Å². The number of thioether (sulfide) groups is 1. The Kier molecular flexibility index (Phi) is 5.12. The number of amides is 1. The van der Waals surface area contributed by atoms with E-state index in [1.165, 1.54) is 11.8 Å². The van der Waals surface area contributed by atoms with Gasteiger partial charge in [0, 0.05) is 11.8 Å². The first-order valence-electron chi connectivity index (χ1n) is 6.76. The highest BCUT2D eigenvalue weighted by Gasteiger charge is 2.44. The zero-order chi connectivity index (χ0) is 15.3. The van der Waals surface area contributed by atoms with Crippen molar-refractivity contribution in [2.24, 2.45) is 5.41 Å². The number of aliphatic carboxylic acids is 1. The van der Waals surface area contributed by atoms with E-state index >= 15 is 0 Å². The van der Waals surface area contributed by atoms with Crippen molar-refractivity contribution < 1.29 is 19.4 Å². The minimum Gasteiger partial charge on any atom is -0.497 e. The molecule has 21 heavy (non-hydrogen) atoms. The van der Waals surface area contributed by atoms with Crippen LogP contribution in [0.15, 0.2) is 24.3 Å². The number of nitrogens with one attached hydrogen (secondary N) is 1. The van der Waals surface area contributed by atoms with Crippen molar-refractivity contribution in [2.75, 3.05) is 23.9 Å². The average molecular weight is 309 g/mol. The van der Waals surface area contributed by atoms with E-state index < -0.39 is 5.97 Å². The molecule has 1 saturated carbocycles. The minimum atomic E-state index is -0.756. The number of carbonyl (C=O) groups excluding carboxylic acids is 1. The normalized spacial score (nSPS) is 15.3. The van der Waals surface area contributed by atoms with Gasteiger partial charge in [-0.2, -0.15) is 11.8 Å². The third-order valence-corrected chi connectivity index (χ3v) is 4.76. The molecule has 0 saturated heterocycles. The van der Waals surface area contributed by atoms with Gasteiger partial charge in [0.2, 0.25) is 5.91 Å². The van der Waals surface area contributed by atoms with Gasteiger partial charge in [-0.15, -0.1) is 0 Å². The van der Waals surface area contributed by atoms with Crippen molar-refractivity contribution in [1.29, 1.82) is 0 Å². The summed E-state index contributed by atoms with van der Waals surface area (Å²) in [4.78, 5) is 22.6. The zero-order valence-corrected chi connectivity index (χ0v) is 12.7. The highest BCUT2D eigenvalue weighted by molar-refractivity contribution is 8.00. The maximum absolute atomic E-state index is 11.9. The van der Waals surface area contributed by atoms with Gasteiger partial charge in [0.05, 0.1) is 19.3 Å². The fourth-order valence-electron chi connectivity index (χ4n) is 2.13. The molecule has 1 aromatic carbocycles. The maximum atomic E-state index is 11.9. The quantitative estimate of drug-likeness (QED) is 0.772. The maximum Gasteiger partial charge on any atom is 0.303 e. The molecule has 6 heteroatoms. The number of hydrogen-bond donors (Lipinski definition) is 2. The van der Waals surface area contributed by atoms with Gasteiger partial charge in [0.15, 0.2) is 0 Å². The van der Waals surface area contributed by atoms with Crippen LogP contribution in [-0.4, -0.2) is 35.6 Å². The van der Waals surface area contributed by atoms with Gasteiger partial charge in [-0.25, -0.2) is 0 Å². The van der Waals surface area contributed by atoms with Crippen molar-refractivity contribution in [3.63, 3.8) is 0 Å². The summed E-state index contributed by atoms with van der Waals surface area (Å²) in [5.74, 6) is 0.913. The molecule has 0 atom stereocenters. The first kappa shape index (κ1) is 15.7. The molecule has 0 radical (unpaired) electrons. The number of rotatable bonds is 8. The van der Waals surface area contributed by atoms with Crippen LogP contribution in [0, 0.1) is 5.41 Å². The number of benzene rings is 1. The molecule has 0 spiro atoms. The zero-order valence-electron chi connectivity index (χ0n) is 11.9. The number of carbonyl (C=O) groups is 2. The van der Waals surface area contributed by atoms with E-state index in [0.717, 1.165) is 18.6 Å². The fourth-order valence-corrected chi connectivity index (χ4v) is 3.31. The molecule has 5 nitrogen and oxygen atoms in total. The molecule has 1 fully saturated rings. The van der Waals surface area contributed by atoms with Crippen molar-refractivity contribution in [3.05, 3.63) is 24.3 Å². The Labute approximate surface area is 128 Å². The van der Waals surface area contributed by atoms with Gasteiger partial charge in [0.1, 0.15) is 5.75 Å². The first-order chi connectivity index (χ1) is 10.0. The van der Waals surface area contributed by atoms with Crippen molar-refractivity contribution in [3.8, 4) is 5.75 Å². The SMILES string of the molecule is COc1cccc(NC(=O)CSCC2(CC(=O)O)CC2)c1. The smallest absolute Gasteiger partial charge is 0.303 e. The standard InChI is InChI=1S/C15H19NO4S/c1-20-12-4-2-3-11(7-12)16-13(17)9-21-10-15(5-6-15)8-14(18)19/h2-4,7H,5-6,8-10H2,1H3,(H,16,17)(H,18,19). The molecular formula is C15H19NO4S. The summed E-state index contributed by atoms with van der Waals surface area (Å²) in [6.45, 7) is 0. The summed E-state index contributed by atoms with van der Waals surface area (Å²) in [6, 6.07) is 7.19. The van der Waals surface area contributed by atoms with E-state index in [9.17, 15) is 9.59 Å². The lowest BCUT2D eigenvalue weighted by Gasteiger charge is -2.12. The van der Waals surface area contributed by atoms with Crippen molar-refractivity contribution in [2.45, 2.75) is 19.3 Å². The van der Waals surface area contributed by atoms with Crippen LogP contribution in [0.3, 0.4) is 0 Å². The number of anilines is 1. The van der Waals surface area contributed by atoms with Gasteiger partial charge >= 0.3 is 5.97 Å². The predicted octanol–water partition coefficient (Wildman–Crippen LogP) is 2.62. The average Bonchev–Trinajstić information content (AvgIpc) is 3.17. The molecule has 1 amide bonds. The Morgan fingerprint density at radius 3 is 2.81 bits per heavy atom. The second kappa shape index (κ2) is 6.85. The third kappa shape index (κ3) is 4.97. The molecule has 0 unspecified atom stereocenters. The minimum absolute atomic E-state index is 0.0766. The van der Waals surface area contributed by atoms with Gasteiger partial charge in [-0.1, -0.05) is 6.07 Å². The largest absolute Gasteiger partial charge is 0.497 e. The second-order valence-corrected chi connectivity index (χ2v) is 6.33. The van der Waals surface area contributed by atoms with E-state index in [2.05, 4.69) is 5.32 Å². The molecule has 0 bridgehead atoms. The Morgan fingerprint density at radius 1 is 1.43 bits per heavy atom. The van der Waals surface area contributed by atoms with Crippen LogP contribution in [0.4, 0.5) is 5.69 Å². The number of hydrogen-bond acceptors (Lipinski definition) is 4. The molecule has 0 aliphatic heterocycles. The molecule has 1 aromatic rings. The number of methoxy groups -OCH3 is 1. The molecule has 1 aliphatic carbocycles. The van der Waals surface area contributed by atoms with E-state index in [4.69, 9.17) is 9.84 Å². The second-order valence-electron chi connectivity index (χ2n) is 5.34. The molecule has 0 heterocycles. The summed E-state index contributed by atoms with van der Waals surface area (Å²) in [5, 5.41) is 11.6. The molecule has 2 N–H and O–H groups in total. The molecule has 114 valence electrons. The summed E-state index contributed by atoms with van der Waals surface area (Å²) in [5.41, 5.74) is 0.624. The highest BCUT2D eigenvalue weighted by atomic mass is 32.2. The van der Waals surface area contributed by atoms with E-state index in [1.54, 1.807) is 19.2 Å². The molecule has 0 aromatic heterocycles. The highest BCUT2D eigenvalue weighted by Crippen LogP contribution is 2.50. The van der Waals surface area contributed by atoms with Gasteiger partial charge in [-0.05, 0) is 36.1 Å². The van der Waals surface area contributed by atoms with E-state index in [1.807, 2.05) is 12.1 Å². The van der Waals surface area contributed by atoms with Gasteiger partial charge in [0.25, 0.3) is 0 Å². The van der Waals surface area contributed by atoms with Gasteiger partial charge in [-0.3, -0.25) is 9.59 Å². The summed E-state index contributed by atoms with van der Waals surface area (Å²) >= 11 is 1.50. The van der Waals surface area contributed by atoms with E-state index in [0.29, 0.717) is 17.2 Å². The molecule has 1 aliphatic rings. The summed E-state index contributed by atoms with van der Waals surface area (Å²) in [6.07, 6.45) is 2.10. The Morgan fingerprint density at radius 2 is 2.19 bits per heavy atom. The van der Waals surface area contributed by atoms with Crippen molar-refractivity contribution >= 4 is 29.3 Å². The molecular weight excluding hydrogens is 290 g/mol. The van der Waals surface area contributed by atoms with Crippen molar-refractivity contribution in [1.82, 2.24) is 0 Å². The topological polar surface area (TPSA) is 75.6 Å². The predicted molar refractivity (Wildman–Crippen MR) is 82.9 cm³/mol. The van der Waals surface area contributed by atoms with Crippen LogP contribution >= 0.6 is 11.8 Å². The lowest BCUT2D eigenvalue weighted by atomic mass is 10.1. The fraction of sp³-hybridized carbons (Fsp3) is 0.467. The van der Waals surface area contributed by atoms with Crippen LogP contribution in [0.5, 0.6) is 5.75 Å². The number of carboxylic acids is 1. The number of ether oxygens (including phenoxy) is 1.